The number of benzene rings is 17. The summed E-state index contributed by atoms with van der Waals surface area (Å²) in [4.78, 5) is 15.3. The number of nitrogens with zero attached hydrogens (tertiary/aromatic N) is 8. The molecule has 0 bridgehead atoms. The zero-order valence-electron chi connectivity index (χ0n) is 61.0. The van der Waals surface area contributed by atoms with Gasteiger partial charge in [0.05, 0.1) is 44.8 Å². The van der Waals surface area contributed by atoms with E-state index in [-0.39, 0.29) is 13.4 Å². The van der Waals surface area contributed by atoms with E-state index < -0.39 is 0 Å². The Kier molecular flexibility index (Phi) is 14.4. The summed E-state index contributed by atoms with van der Waals surface area (Å²) in [5.41, 5.74) is 33.4. The van der Waals surface area contributed by atoms with Crippen molar-refractivity contribution in [2.45, 2.75) is 0 Å². The van der Waals surface area contributed by atoms with Gasteiger partial charge >= 0.3 is 0 Å². The van der Waals surface area contributed by atoms with Crippen LogP contribution in [0.3, 0.4) is 0 Å². The SMILES string of the molecule is c1ccc(N(c2ccccc2)c2cc3c4c(c2)N(c2ccccc2)c2c(ccc5c6ccccc6n(-c6ccccc6)c25)B4c2cc4c(cc2N3c2ccccc2)N(c2ccccc2)c2cc(N(c3ccccc3)c3ccccc3)cc3c2B4c2ccc4c5ccccc5n(-c5ccccc5)c4c2N3c2ccccc2)cc1. The second-order valence-electron chi connectivity index (χ2n) is 29.5. The Morgan fingerprint density at radius 3 is 0.777 bits per heavy atom. The third-order valence-corrected chi connectivity index (χ3v) is 23.5. The summed E-state index contributed by atoms with van der Waals surface area (Å²) < 4.78 is 5.08. The van der Waals surface area contributed by atoms with Crippen LogP contribution in [0.15, 0.2) is 413 Å². The van der Waals surface area contributed by atoms with Crippen molar-refractivity contribution in [3.63, 3.8) is 0 Å². The number of hydrogen-bond acceptors (Lipinski definition) is 6. The summed E-state index contributed by atoms with van der Waals surface area (Å²) in [6, 6.07) is 153. The molecule has 0 saturated carbocycles. The number of fused-ring (bicyclic) bond motifs is 16. The quantitative estimate of drug-likeness (QED) is 0.113. The van der Waals surface area contributed by atoms with Gasteiger partial charge in [0.1, 0.15) is 0 Å². The van der Waals surface area contributed by atoms with Crippen molar-refractivity contribution in [2.75, 3.05) is 29.4 Å². The molecule has 4 aliphatic rings. The minimum atomic E-state index is -0.325. The van der Waals surface area contributed by atoms with Crippen LogP contribution in [-0.4, -0.2) is 22.6 Å². The minimum Gasteiger partial charge on any atom is -0.311 e. The van der Waals surface area contributed by atoms with Crippen LogP contribution in [0.25, 0.3) is 55.0 Å². The summed E-state index contributed by atoms with van der Waals surface area (Å²) in [5.74, 6) is 0. The van der Waals surface area contributed by atoms with E-state index in [2.05, 4.69) is 451 Å². The molecular formula is C102H68B2N8. The van der Waals surface area contributed by atoms with Crippen molar-refractivity contribution in [2.24, 2.45) is 0 Å². The molecule has 112 heavy (non-hydrogen) atoms. The summed E-state index contributed by atoms with van der Waals surface area (Å²) in [6.07, 6.45) is 0. The third-order valence-electron chi connectivity index (χ3n) is 23.5. The highest BCUT2D eigenvalue weighted by molar-refractivity contribution is 7.03. The van der Waals surface area contributed by atoms with Crippen molar-refractivity contribution in [3.8, 4) is 11.4 Å². The molecule has 2 aromatic heterocycles. The first-order valence-electron chi connectivity index (χ1n) is 38.6. The second-order valence-corrected chi connectivity index (χ2v) is 29.5. The van der Waals surface area contributed by atoms with E-state index in [0.29, 0.717) is 0 Å². The van der Waals surface area contributed by atoms with Gasteiger partial charge in [-0.05, 0) is 197 Å². The predicted octanol–water partition coefficient (Wildman–Crippen LogP) is 23.0. The molecule has 8 nitrogen and oxygen atoms in total. The monoisotopic (exact) mass is 1430 g/mol. The Morgan fingerprint density at radius 2 is 0.455 bits per heavy atom. The number of aromatic nitrogens is 2. The smallest absolute Gasteiger partial charge is 0.252 e. The molecule has 522 valence electrons. The van der Waals surface area contributed by atoms with Crippen LogP contribution in [-0.2, 0) is 0 Å². The molecular weight excluding hydrogens is 1360 g/mol. The van der Waals surface area contributed by atoms with E-state index >= 15 is 0 Å². The zero-order valence-corrected chi connectivity index (χ0v) is 61.0. The van der Waals surface area contributed by atoms with Crippen LogP contribution in [0, 0.1) is 0 Å². The molecule has 4 aliphatic heterocycles. The Balaban J connectivity index is 0.900. The first kappa shape index (κ1) is 63.4. The average molecular weight is 1430 g/mol. The Bertz CT molecular complexity index is 6400. The van der Waals surface area contributed by atoms with Gasteiger partial charge < -0.3 is 38.5 Å². The van der Waals surface area contributed by atoms with Crippen molar-refractivity contribution >= 4 is 192 Å². The van der Waals surface area contributed by atoms with E-state index in [1.807, 2.05) is 0 Å². The van der Waals surface area contributed by atoms with E-state index in [1.165, 1.54) is 54.3 Å². The number of rotatable bonds is 12. The number of anilines is 18. The molecule has 6 heterocycles. The lowest BCUT2D eigenvalue weighted by atomic mass is 9.30. The first-order chi connectivity index (χ1) is 55.7. The van der Waals surface area contributed by atoms with Crippen molar-refractivity contribution in [1.82, 2.24) is 9.13 Å². The Labute approximate surface area is 650 Å². The highest BCUT2D eigenvalue weighted by Gasteiger charge is 2.50. The van der Waals surface area contributed by atoms with Gasteiger partial charge in [-0.15, -0.1) is 0 Å². The van der Waals surface area contributed by atoms with Crippen molar-refractivity contribution in [1.29, 1.82) is 0 Å². The van der Waals surface area contributed by atoms with Crippen LogP contribution < -0.4 is 62.2 Å². The van der Waals surface area contributed by atoms with Gasteiger partial charge in [-0.3, -0.25) is 0 Å². The molecule has 23 rings (SSSR count). The van der Waals surface area contributed by atoms with E-state index in [9.17, 15) is 0 Å². The topological polar surface area (TPSA) is 29.3 Å². The van der Waals surface area contributed by atoms with E-state index in [1.54, 1.807) is 0 Å². The maximum absolute atomic E-state index is 2.69. The molecule has 0 fully saturated rings. The normalized spacial score (nSPS) is 12.9. The highest BCUT2D eigenvalue weighted by atomic mass is 15.2. The molecule has 0 spiro atoms. The summed E-state index contributed by atoms with van der Waals surface area (Å²) in [7, 11) is 0. The van der Waals surface area contributed by atoms with Gasteiger partial charge in [-0.1, -0.05) is 249 Å². The maximum Gasteiger partial charge on any atom is 0.252 e. The largest absolute Gasteiger partial charge is 0.311 e. The number of para-hydroxylation sites is 12. The van der Waals surface area contributed by atoms with Crippen molar-refractivity contribution in [3.05, 3.63) is 413 Å². The van der Waals surface area contributed by atoms with Crippen LogP contribution in [0.4, 0.5) is 102 Å². The molecule has 0 aliphatic carbocycles. The lowest BCUT2D eigenvalue weighted by molar-refractivity contribution is 1.16. The molecule has 0 amide bonds. The lowest BCUT2D eigenvalue weighted by Gasteiger charge is -2.48. The number of hydrogen-bond donors (Lipinski definition) is 0. The Morgan fingerprint density at radius 1 is 0.188 bits per heavy atom. The van der Waals surface area contributed by atoms with Crippen molar-refractivity contribution < 1.29 is 0 Å². The lowest BCUT2D eigenvalue weighted by Crippen LogP contribution is -2.65. The average Bonchev–Trinajstić information content (AvgIpc) is 1.17. The van der Waals surface area contributed by atoms with Gasteiger partial charge in [0.15, 0.2) is 0 Å². The van der Waals surface area contributed by atoms with Crippen LogP contribution >= 0.6 is 0 Å². The molecule has 0 atom stereocenters. The van der Waals surface area contributed by atoms with Gasteiger partial charge in [-0.25, -0.2) is 0 Å². The van der Waals surface area contributed by atoms with Gasteiger partial charge in [0, 0.05) is 113 Å². The van der Waals surface area contributed by atoms with E-state index in [4.69, 9.17) is 0 Å². The van der Waals surface area contributed by atoms with Crippen LogP contribution in [0.5, 0.6) is 0 Å². The zero-order chi connectivity index (χ0) is 73.5. The van der Waals surface area contributed by atoms with Gasteiger partial charge in [0.2, 0.25) is 0 Å². The molecule has 0 unspecified atom stereocenters. The maximum atomic E-state index is 2.69. The minimum absolute atomic E-state index is 0.325. The highest BCUT2D eigenvalue weighted by Crippen LogP contribution is 2.55. The molecule has 10 heteroatoms. The first-order valence-corrected chi connectivity index (χ1v) is 38.6. The molecule has 0 saturated heterocycles. The summed E-state index contributed by atoms with van der Waals surface area (Å²) in [6.45, 7) is -0.651. The second kappa shape index (κ2) is 25.5. The van der Waals surface area contributed by atoms with Gasteiger partial charge in [-0.2, -0.15) is 0 Å². The van der Waals surface area contributed by atoms with Gasteiger partial charge in [0.25, 0.3) is 13.4 Å². The van der Waals surface area contributed by atoms with E-state index in [0.717, 1.165) is 136 Å². The fourth-order valence-electron chi connectivity index (χ4n) is 19.1. The summed E-state index contributed by atoms with van der Waals surface area (Å²) in [5, 5.41) is 4.76. The predicted molar refractivity (Wildman–Crippen MR) is 473 cm³/mol. The Hall–Kier alpha value is -14.7. The van der Waals surface area contributed by atoms with Crippen LogP contribution in [0.2, 0.25) is 0 Å². The molecule has 0 radical (unpaired) electrons. The molecule has 19 aromatic rings. The summed E-state index contributed by atoms with van der Waals surface area (Å²) >= 11 is 0. The van der Waals surface area contributed by atoms with Crippen LogP contribution in [0.1, 0.15) is 0 Å². The molecule has 17 aromatic carbocycles. The molecule has 0 N–H and O–H groups in total. The fourth-order valence-corrected chi connectivity index (χ4v) is 19.1. The standard InChI is InChI=1S/C102H68B2N8/c1-11-35-69(36-12-1)105(70-37-13-2-14-38-70)79-63-93-97-95(65-79)111(77-51-27-9-28-52-77)101-85(61-59-83-81-55-31-33-57-89(81)109(99(83)101)75-47-23-7-24-48-75)103(97)87-67-88-92(68-91(87)107(93)73-43-19-5-20-44-73)108(74-45-21-6-22-46-74)94-64-80(106(71-39-15-3-16-40-71)72-41-17-4-18-42-72)66-96-98(94)104(88)86-62-60-84-82-56-32-34-58-90(82)110(76-49-25-8-26-50-76)100(84)102(86)112(96)78-53-29-10-30-54-78/h1-68H. The fraction of sp³-hybridized carbons (Fsp3) is 0. The third kappa shape index (κ3) is 9.58.